The lowest BCUT2D eigenvalue weighted by atomic mass is 9.99. The number of nitrogens with one attached hydrogen (secondary N) is 1. The molecule has 3 aromatic carbocycles. The minimum absolute atomic E-state index is 0.0891. The molecule has 0 aliphatic carbocycles. The summed E-state index contributed by atoms with van der Waals surface area (Å²) in [5.41, 5.74) is 4.00. The fourth-order valence-corrected chi connectivity index (χ4v) is 3.51. The van der Waals surface area contributed by atoms with Crippen molar-refractivity contribution in [1.29, 1.82) is 0 Å². The number of esters is 1. The standard InChI is InChI=1S/C28H33NO3/c1-21(29-19-26(30)32-28(2,3)4)27(31-20-22-11-7-5-8-12-22)25-17-15-24(16-18-25)23-13-9-6-10-14-23/h5-18,21,27,29H,19-20H2,1-4H3. The number of rotatable bonds is 9. The molecule has 0 aliphatic rings. The van der Waals surface area contributed by atoms with Gasteiger partial charge in [0.05, 0.1) is 19.3 Å². The van der Waals surface area contributed by atoms with E-state index in [4.69, 9.17) is 9.47 Å². The Morgan fingerprint density at radius 3 is 2.00 bits per heavy atom. The summed E-state index contributed by atoms with van der Waals surface area (Å²) in [5.74, 6) is -0.273. The molecule has 2 unspecified atom stereocenters. The molecule has 0 radical (unpaired) electrons. The number of carbonyl (C=O) groups excluding carboxylic acids is 1. The number of ether oxygens (including phenoxy) is 2. The van der Waals surface area contributed by atoms with Crippen LogP contribution in [-0.4, -0.2) is 24.2 Å². The highest BCUT2D eigenvalue weighted by Crippen LogP contribution is 2.27. The van der Waals surface area contributed by atoms with Gasteiger partial charge in [-0.05, 0) is 49.9 Å². The molecule has 4 heteroatoms. The van der Waals surface area contributed by atoms with Crippen molar-refractivity contribution in [3.05, 3.63) is 96.1 Å². The second-order valence-corrected chi connectivity index (χ2v) is 8.96. The van der Waals surface area contributed by atoms with E-state index in [1.807, 2.05) is 76.2 Å². The second kappa shape index (κ2) is 11.1. The van der Waals surface area contributed by atoms with Crippen LogP contribution in [-0.2, 0) is 20.9 Å². The lowest BCUT2D eigenvalue weighted by molar-refractivity contribution is -0.154. The normalized spacial score (nSPS) is 13.4. The fraction of sp³-hybridized carbons (Fsp3) is 0.321. The van der Waals surface area contributed by atoms with Crippen LogP contribution in [0.2, 0.25) is 0 Å². The topological polar surface area (TPSA) is 47.6 Å². The lowest BCUT2D eigenvalue weighted by Crippen LogP contribution is -2.39. The van der Waals surface area contributed by atoms with Gasteiger partial charge < -0.3 is 14.8 Å². The van der Waals surface area contributed by atoms with E-state index in [2.05, 4.69) is 41.7 Å². The maximum atomic E-state index is 12.2. The Morgan fingerprint density at radius 2 is 1.41 bits per heavy atom. The van der Waals surface area contributed by atoms with Gasteiger partial charge in [0.1, 0.15) is 5.60 Å². The molecule has 1 N–H and O–H groups in total. The van der Waals surface area contributed by atoms with Crippen LogP contribution in [0.1, 0.15) is 44.9 Å². The van der Waals surface area contributed by atoms with Crippen molar-refractivity contribution >= 4 is 5.97 Å². The summed E-state index contributed by atoms with van der Waals surface area (Å²) in [5, 5.41) is 3.29. The predicted octanol–water partition coefficient (Wildman–Crippen LogP) is 5.93. The van der Waals surface area contributed by atoms with Crippen molar-refractivity contribution in [1.82, 2.24) is 5.32 Å². The minimum atomic E-state index is -0.502. The quantitative estimate of drug-likeness (QED) is 0.427. The van der Waals surface area contributed by atoms with Crippen LogP contribution < -0.4 is 5.32 Å². The molecule has 3 rings (SSSR count). The first-order chi connectivity index (χ1) is 15.3. The van der Waals surface area contributed by atoms with Gasteiger partial charge in [-0.1, -0.05) is 84.9 Å². The molecule has 0 spiro atoms. The molecule has 0 saturated carbocycles. The molecular formula is C28H33NO3. The van der Waals surface area contributed by atoms with E-state index >= 15 is 0 Å². The van der Waals surface area contributed by atoms with Gasteiger partial charge in [0.25, 0.3) is 0 Å². The van der Waals surface area contributed by atoms with Crippen LogP contribution in [0, 0.1) is 0 Å². The van der Waals surface area contributed by atoms with E-state index in [0.29, 0.717) is 6.61 Å². The highest BCUT2D eigenvalue weighted by Gasteiger charge is 2.23. The summed E-state index contributed by atoms with van der Waals surface area (Å²) in [7, 11) is 0. The smallest absolute Gasteiger partial charge is 0.320 e. The maximum Gasteiger partial charge on any atom is 0.320 e. The first-order valence-corrected chi connectivity index (χ1v) is 11.1. The number of carbonyl (C=O) groups is 1. The van der Waals surface area contributed by atoms with Crippen molar-refractivity contribution in [2.24, 2.45) is 0 Å². The van der Waals surface area contributed by atoms with Crippen LogP contribution in [0.3, 0.4) is 0 Å². The summed E-state index contributed by atoms with van der Waals surface area (Å²) < 4.78 is 11.8. The molecule has 0 fully saturated rings. The summed E-state index contributed by atoms with van der Waals surface area (Å²) >= 11 is 0. The van der Waals surface area contributed by atoms with Crippen molar-refractivity contribution in [3.63, 3.8) is 0 Å². The molecule has 0 heterocycles. The summed E-state index contributed by atoms with van der Waals surface area (Å²) in [6.45, 7) is 8.26. The van der Waals surface area contributed by atoms with Gasteiger partial charge in [-0.15, -0.1) is 0 Å². The Morgan fingerprint density at radius 1 is 0.844 bits per heavy atom. The molecule has 168 valence electrons. The van der Waals surface area contributed by atoms with Gasteiger partial charge in [-0.25, -0.2) is 0 Å². The van der Waals surface area contributed by atoms with E-state index < -0.39 is 5.60 Å². The minimum Gasteiger partial charge on any atom is -0.459 e. The van der Waals surface area contributed by atoms with E-state index in [9.17, 15) is 4.79 Å². The monoisotopic (exact) mass is 431 g/mol. The third kappa shape index (κ3) is 7.33. The van der Waals surface area contributed by atoms with E-state index in [-0.39, 0.29) is 24.7 Å². The summed E-state index contributed by atoms with van der Waals surface area (Å²) in [6, 6.07) is 28.7. The molecular weight excluding hydrogens is 398 g/mol. The largest absolute Gasteiger partial charge is 0.459 e. The third-order valence-electron chi connectivity index (χ3n) is 5.06. The number of hydrogen-bond acceptors (Lipinski definition) is 4. The van der Waals surface area contributed by atoms with Crippen LogP contribution in [0.25, 0.3) is 11.1 Å². The van der Waals surface area contributed by atoms with E-state index in [1.165, 1.54) is 5.56 Å². The zero-order valence-electron chi connectivity index (χ0n) is 19.4. The van der Waals surface area contributed by atoms with E-state index in [1.54, 1.807) is 0 Å². The predicted molar refractivity (Wildman–Crippen MR) is 129 cm³/mol. The van der Waals surface area contributed by atoms with Gasteiger partial charge in [0.2, 0.25) is 0 Å². The second-order valence-electron chi connectivity index (χ2n) is 8.96. The first-order valence-electron chi connectivity index (χ1n) is 11.1. The zero-order chi connectivity index (χ0) is 23.0. The van der Waals surface area contributed by atoms with Gasteiger partial charge in [0, 0.05) is 6.04 Å². The summed E-state index contributed by atoms with van der Waals surface area (Å²) in [4.78, 5) is 12.2. The molecule has 2 atom stereocenters. The van der Waals surface area contributed by atoms with Gasteiger partial charge >= 0.3 is 5.97 Å². The van der Waals surface area contributed by atoms with Crippen LogP contribution in [0.5, 0.6) is 0 Å². The van der Waals surface area contributed by atoms with Crippen molar-refractivity contribution in [2.75, 3.05) is 6.54 Å². The molecule has 3 aromatic rings. The lowest BCUT2D eigenvalue weighted by Gasteiger charge is -2.27. The molecule has 0 amide bonds. The Kier molecular flexibility index (Phi) is 8.20. The van der Waals surface area contributed by atoms with Crippen LogP contribution in [0.15, 0.2) is 84.9 Å². The summed E-state index contributed by atoms with van der Waals surface area (Å²) in [6.07, 6.45) is -0.220. The molecule has 0 bridgehead atoms. The first kappa shape index (κ1) is 23.7. The molecule has 4 nitrogen and oxygen atoms in total. The average molecular weight is 432 g/mol. The van der Waals surface area contributed by atoms with Crippen molar-refractivity contribution in [2.45, 2.75) is 52.0 Å². The molecule has 0 aliphatic heterocycles. The number of hydrogen-bond donors (Lipinski definition) is 1. The van der Waals surface area contributed by atoms with E-state index in [0.717, 1.165) is 16.7 Å². The Labute approximate surface area is 191 Å². The molecule has 0 saturated heterocycles. The maximum absolute atomic E-state index is 12.2. The zero-order valence-corrected chi connectivity index (χ0v) is 19.4. The number of benzene rings is 3. The van der Waals surface area contributed by atoms with Crippen LogP contribution >= 0.6 is 0 Å². The Bertz CT molecular complexity index is 963. The van der Waals surface area contributed by atoms with Gasteiger partial charge in [-0.2, -0.15) is 0 Å². The van der Waals surface area contributed by atoms with Crippen molar-refractivity contribution in [3.8, 4) is 11.1 Å². The highest BCUT2D eigenvalue weighted by molar-refractivity contribution is 5.72. The van der Waals surface area contributed by atoms with Gasteiger partial charge in [0.15, 0.2) is 0 Å². The highest BCUT2D eigenvalue weighted by atomic mass is 16.6. The Hall–Kier alpha value is -2.95. The third-order valence-corrected chi connectivity index (χ3v) is 5.06. The molecule has 32 heavy (non-hydrogen) atoms. The Balaban J connectivity index is 1.73. The van der Waals surface area contributed by atoms with Crippen molar-refractivity contribution < 1.29 is 14.3 Å². The SMILES string of the molecule is CC(NCC(=O)OC(C)(C)C)C(OCc1ccccc1)c1ccc(-c2ccccc2)cc1. The van der Waals surface area contributed by atoms with Crippen LogP contribution in [0.4, 0.5) is 0 Å². The van der Waals surface area contributed by atoms with Gasteiger partial charge in [-0.3, -0.25) is 4.79 Å². The average Bonchev–Trinajstić information content (AvgIpc) is 2.78. The molecule has 0 aromatic heterocycles. The fourth-order valence-electron chi connectivity index (χ4n) is 3.51.